The Kier molecular flexibility index (Phi) is 5.11. The Hall–Kier alpha value is -2.41. The summed E-state index contributed by atoms with van der Waals surface area (Å²) in [5, 5.41) is 13.3. The highest BCUT2D eigenvalue weighted by atomic mass is 79.9. The molecule has 22 heavy (non-hydrogen) atoms. The summed E-state index contributed by atoms with van der Waals surface area (Å²) in [5.74, 6) is 0.0877. The van der Waals surface area contributed by atoms with Gasteiger partial charge in [-0.05, 0) is 43.3 Å². The van der Waals surface area contributed by atoms with Gasteiger partial charge in [-0.3, -0.25) is 14.9 Å². The van der Waals surface area contributed by atoms with Crippen LogP contribution < -0.4 is 10.1 Å². The number of halogens is 1. The van der Waals surface area contributed by atoms with Crippen LogP contribution in [0.1, 0.15) is 6.92 Å². The molecule has 1 atom stereocenters. The van der Waals surface area contributed by atoms with E-state index < -0.39 is 11.0 Å². The van der Waals surface area contributed by atoms with Gasteiger partial charge >= 0.3 is 0 Å². The molecule has 0 spiro atoms. The van der Waals surface area contributed by atoms with Gasteiger partial charge in [0, 0.05) is 22.3 Å². The van der Waals surface area contributed by atoms with E-state index >= 15 is 0 Å². The largest absolute Gasteiger partial charge is 0.481 e. The van der Waals surface area contributed by atoms with Crippen LogP contribution in [0.25, 0.3) is 0 Å². The lowest BCUT2D eigenvalue weighted by Crippen LogP contribution is -2.30. The highest BCUT2D eigenvalue weighted by Gasteiger charge is 2.15. The molecule has 6 nitrogen and oxygen atoms in total. The highest BCUT2D eigenvalue weighted by Crippen LogP contribution is 2.19. The molecular formula is C15H13BrN2O4. The number of amides is 1. The second-order valence-corrected chi connectivity index (χ2v) is 5.42. The van der Waals surface area contributed by atoms with Gasteiger partial charge in [0.15, 0.2) is 6.10 Å². The zero-order valence-electron chi connectivity index (χ0n) is 11.7. The molecule has 0 saturated carbocycles. The molecule has 2 aromatic carbocycles. The van der Waals surface area contributed by atoms with E-state index in [2.05, 4.69) is 21.2 Å². The Bertz CT molecular complexity index is 671. The molecule has 7 heteroatoms. The van der Waals surface area contributed by atoms with Crippen LogP contribution in [0, 0.1) is 10.1 Å². The molecule has 2 rings (SSSR count). The minimum absolute atomic E-state index is 0.0284. The number of nitro groups is 1. The molecule has 0 fully saturated rings. The maximum atomic E-state index is 12.0. The predicted octanol–water partition coefficient (Wildman–Crippen LogP) is 3.76. The van der Waals surface area contributed by atoms with Crippen LogP contribution in [-0.4, -0.2) is 16.9 Å². The van der Waals surface area contributed by atoms with Crippen molar-refractivity contribution in [1.29, 1.82) is 0 Å². The molecule has 114 valence electrons. The summed E-state index contributed by atoms with van der Waals surface area (Å²) in [6.07, 6.45) is -0.731. The van der Waals surface area contributed by atoms with E-state index in [0.29, 0.717) is 11.4 Å². The number of nitrogens with one attached hydrogen (secondary N) is 1. The van der Waals surface area contributed by atoms with Crippen LogP contribution in [0.3, 0.4) is 0 Å². The molecule has 0 aliphatic carbocycles. The second kappa shape index (κ2) is 7.04. The van der Waals surface area contributed by atoms with E-state index in [4.69, 9.17) is 4.74 Å². The fourth-order valence-corrected chi connectivity index (χ4v) is 1.95. The van der Waals surface area contributed by atoms with Crippen LogP contribution in [0.4, 0.5) is 11.4 Å². The van der Waals surface area contributed by atoms with Crippen molar-refractivity contribution >= 4 is 33.2 Å². The monoisotopic (exact) mass is 364 g/mol. The fourth-order valence-electron chi connectivity index (χ4n) is 1.68. The van der Waals surface area contributed by atoms with E-state index in [1.54, 1.807) is 19.1 Å². The molecule has 0 aliphatic rings. The van der Waals surface area contributed by atoms with E-state index in [0.717, 1.165) is 4.47 Å². The van der Waals surface area contributed by atoms with Crippen LogP contribution in [-0.2, 0) is 4.79 Å². The first-order valence-electron chi connectivity index (χ1n) is 6.43. The lowest BCUT2D eigenvalue weighted by atomic mass is 10.3. The van der Waals surface area contributed by atoms with Crippen LogP contribution >= 0.6 is 15.9 Å². The van der Waals surface area contributed by atoms with Gasteiger partial charge < -0.3 is 10.1 Å². The quantitative estimate of drug-likeness (QED) is 0.646. The Morgan fingerprint density at radius 3 is 2.32 bits per heavy atom. The standard InChI is InChI=1S/C15H13BrN2O4/c1-10(15(19)17-12-4-2-11(16)3-5-12)22-14-8-6-13(7-9-14)18(20)21/h2-10H,1H3,(H,17,19). The molecule has 1 unspecified atom stereocenters. The summed E-state index contributed by atoms with van der Waals surface area (Å²) in [7, 11) is 0. The van der Waals surface area contributed by atoms with Crippen LogP contribution in [0.2, 0.25) is 0 Å². The van der Waals surface area contributed by atoms with Gasteiger partial charge in [-0.1, -0.05) is 15.9 Å². The number of carbonyl (C=O) groups excluding carboxylic acids is 1. The molecule has 1 amide bonds. The Morgan fingerprint density at radius 2 is 1.77 bits per heavy atom. The second-order valence-electron chi connectivity index (χ2n) is 4.51. The van der Waals surface area contributed by atoms with Crippen LogP contribution in [0.5, 0.6) is 5.75 Å². The number of rotatable bonds is 5. The van der Waals surface area contributed by atoms with Crippen molar-refractivity contribution in [1.82, 2.24) is 0 Å². The van der Waals surface area contributed by atoms with Gasteiger partial charge in [0.2, 0.25) is 0 Å². The maximum Gasteiger partial charge on any atom is 0.269 e. The Balaban J connectivity index is 1.95. The molecule has 0 saturated heterocycles. The minimum atomic E-state index is -0.731. The first-order chi connectivity index (χ1) is 10.5. The van der Waals surface area contributed by atoms with Crippen molar-refractivity contribution < 1.29 is 14.5 Å². The number of ether oxygens (including phenoxy) is 1. The first-order valence-corrected chi connectivity index (χ1v) is 7.22. The van der Waals surface area contributed by atoms with Crippen molar-refractivity contribution in [3.05, 3.63) is 63.1 Å². The maximum absolute atomic E-state index is 12.0. The van der Waals surface area contributed by atoms with Gasteiger partial charge in [0.1, 0.15) is 5.75 Å². The Morgan fingerprint density at radius 1 is 1.18 bits per heavy atom. The average molecular weight is 365 g/mol. The summed E-state index contributed by atoms with van der Waals surface area (Å²) >= 11 is 3.32. The minimum Gasteiger partial charge on any atom is -0.481 e. The highest BCUT2D eigenvalue weighted by molar-refractivity contribution is 9.10. The number of anilines is 1. The zero-order chi connectivity index (χ0) is 16.1. The van der Waals surface area contributed by atoms with E-state index in [9.17, 15) is 14.9 Å². The summed E-state index contributed by atoms with van der Waals surface area (Å²) in [4.78, 5) is 22.1. The van der Waals surface area contributed by atoms with Gasteiger partial charge in [-0.15, -0.1) is 0 Å². The van der Waals surface area contributed by atoms with Crippen molar-refractivity contribution in [2.75, 3.05) is 5.32 Å². The lowest BCUT2D eigenvalue weighted by Gasteiger charge is -2.14. The van der Waals surface area contributed by atoms with Crippen molar-refractivity contribution in [2.45, 2.75) is 13.0 Å². The number of hydrogen-bond donors (Lipinski definition) is 1. The van der Waals surface area contributed by atoms with Gasteiger partial charge in [-0.25, -0.2) is 0 Å². The fraction of sp³-hybridized carbons (Fsp3) is 0.133. The normalized spacial score (nSPS) is 11.5. The zero-order valence-corrected chi connectivity index (χ0v) is 13.2. The molecule has 0 aliphatic heterocycles. The molecular weight excluding hydrogens is 352 g/mol. The topological polar surface area (TPSA) is 81.5 Å². The Labute approximate surface area is 135 Å². The molecule has 2 aromatic rings. The third-order valence-corrected chi connectivity index (χ3v) is 3.37. The van der Waals surface area contributed by atoms with Gasteiger partial charge in [0.05, 0.1) is 4.92 Å². The van der Waals surface area contributed by atoms with Crippen molar-refractivity contribution in [3.8, 4) is 5.75 Å². The lowest BCUT2D eigenvalue weighted by molar-refractivity contribution is -0.384. The smallest absolute Gasteiger partial charge is 0.269 e. The number of benzene rings is 2. The molecule has 0 bridgehead atoms. The number of nitro benzene ring substituents is 1. The molecule has 1 N–H and O–H groups in total. The third-order valence-electron chi connectivity index (χ3n) is 2.84. The van der Waals surface area contributed by atoms with Crippen LogP contribution in [0.15, 0.2) is 53.0 Å². The average Bonchev–Trinajstić information content (AvgIpc) is 2.50. The predicted molar refractivity (Wildman–Crippen MR) is 86.0 cm³/mol. The third kappa shape index (κ3) is 4.29. The van der Waals surface area contributed by atoms with Gasteiger partial charge in [-0.2, -0.15) is 0 Å². The van der Waals surface area contributed by atoms with Crippen molar-refractivity contribution in [2.24, 2.45) is 0 Å². The SMILES string of the molecule is CC(Oc1ccc([N+](=O)[O-])cc1)C(=O)Nc1ccc(Br)cc1. The number of non-ortho nitro benzene ring substituents is 1. The summed E-state index contributed by atoms with van der Waals surface area (Å²) < 4.78 is 6.38. The molecule has 0 radical (unpaired) electrons. The van der Waals surface area contributed by atoms with Crippen molar-refractivity contribution in [3.63, 3.8) is 0 Å². The summed E-state index contributed by atoms with van der Waals surface area (Å²) in [5.41, 5.74) is 0.631. The van der Waals surface area contributed by atoms with E-state index in [1.165, 1.54) is 24.3 Å². The van der Waals surface area contributed by atoms with E-state index in [-0.39, 0.29) is 11.6 Å². The first kappa shape index (κ1) is 16.0. The molecule has 0 heterocycles. The molecule has 0 aromatic heterocycles. The number of hydrogen-bond acceptors (Lipinski definition) is 4. The van der Waals surface area contributed by atoms with E-state index in [1.807, 2.05) is 12.1 Å². The van der Waals surface area contributed by atoms with Gasteiger partial charge in [0.25, 0.3) is 11.6 Å². The number of nitrogens with zero attached hydrogens (tertiary/aromatic N) is 1. The number of carbonyl (C=O) groups is 1. The summed E-state index contributed by atoms with van der Waals surface area (Å²) in [6, 6.07) is 12.7. The summed E-state index contributed by atoms with van der Waals surface area (Å²) in [6.45, 7) is 1.61.